The van der Waals surface area contributed by atoms with E-state index in [-0.39, 0.29) is 18.0 Å². The minimum Gasteiger partial charge on any atom is -0.338 e. The van der Waals surface area contributed by atoms with Crippen LogP contribution >= 0.6 is 0 Å². The van der Waals surface area contributed by atoms with Gasteiger partial charge in [0.15, 0.2) is 0 Å². The highest BCUT2D eigenvalue weighted by atomic mass is 16.5. The lowest BCUT2D eigenvalue weighted by atomic mass is 10.1. The minimum absolute atomic E-state index is 0.137. The van der Waals surface area contributed by atoms with E-state index in [2.05, 4.69) is 15.6 Å². The third kappa shape index (κ3) is 3.06. The Morgan fingerprint density at radius 2 is 2.27 bits per heavy atom. The summed E-state index contributed by atoms with van der Waals surface area (Å²) in [7, 11) is 1.64. The third-order valence-electron chi connectivity index (χ3n) is 3.57. The quantitative estimate of drug-likeness (QED) is 0.862. The Balaban J connectivity index is 1.63. The molecule has 1 N–H and O–H groups in total. The normalized spacial score (nSPS) is 14.6. The highest BCUT2D eigenvalue weighted by Gasteiger charge is 2.21. The number of anilines is 1. The summed E-state index contributed by atoms with van der Waals surface area (Å²) in [6.07, 6.45) is 0.720. The number of hydrogen-bond donors (Lipinski definition) is 1. The second kappa shape index (κ2) is 5.72. The summed E-state index contributed by atoms with van der Waals surface area (Å²) in [5, 5.41) is 10.6. The number of rotatable bonds is 3. The molecule has 1 aliphatic heterocycles. The average Bonchev–Trinajstić information content (AvgIpc) is 2.85. The first-order valence-corrected chi connectivity index (χ1v) is 7.03. The average molecular weight is 303 g/mol. The van der Waals surface area contributed by atoms with Gasteiger partial charge in [-0.25, -0.2) is 4.68 Å². The number of nitrogens with one attached hydrogen (secondary N) is 1. The van der Waals surface area contributed by atoms with Crippen LogP contribution in [0.15, 0.2) is 21.5 Å². The molecule has 0 spiro atoms. The zero-order valence-electron chi connectivity index (χ0n) is 12.5. The zero-order valence-corrected chi connectivity index (χ0v) is 12.5. The van der Waals surface area contributed by atoms with Crippen LogP contribution in [0.25, 0.3) is 0 Å². The van der Waals surface area contributed by atoms with Crippen LogP contribution in [0.4, 0.5) is 5.88 Å². The van der Waals surface area contributed by atoms with Gasteiger partial charge in [0.2, 0.25) is 11.8 Å². The molecule has 0 saturated heterocycles. The Hall–Kier alpha value is -2.48. The number of nitrogens with zero attached hydrogens (tertiary/aromatic N) is 4. The van der Waals surface area contributed by atoms with Crippen LogP contribution in [0.1, 0.15) is 17.0 Å². The summed E-state index contributed by atoms with van der Waals surface area (Å²) in [5.41, 5.74) is 2.38. The predicted octanol–water partition coefficient (Wildman–Crippen LogP) is 0.0735. The second-order valence-electron chi connectivity index (χ2n) is 5.42. The monoisotopic (exact) mass is 303 g/mol. The van der Waals surface area contributed by atoms with E-state index in [4.69, 9.17) is 4.52 Å². The molecule has 0 radical (unpaired) electrons. The molecule has 2 aromatic heterocycles. The van der Waals surface area contributed by atoms with Crippen LogP contribution in [0.3, 0.4) is 0 Å². The molecule has 2 aromatic rings. The van der Waals surface area contributed by atoms with Gasteiger partial charge >= 0.3 is 0 Å². The lowest BCUT2D eigenvalue weighted by Gasteiger charge is -2.27. The van der Waals surface area contributed by atoms with Gasteiger partial charge in [-0.05, 0) is 12.5 Å². The number of aryl methyl sites for hydroxylation is 2. The maximum Gasteiger partial charge on any atom is 0.266 e. The van der Waals surface area contributed by atoms with E-state index >= 15 is 0 Å². The molecular weight excluding hydrogens is 286 g/mol. The fraction of sp³-hybridized carbons (Fsp3) is 0.429. The molecule has 116 valence electrons. The van der Waals surface area contributed by atoms with Crippen molar-refractivity contribution in [3.05, 3.63) is 39.4 Å². The van der Waals surface area contributed by atoms with Crippen molar-refractivity contribution in [2.24, 2.45) is 7.05 Å². The van der Waals surface area contributed by atoms with Crippen molar-refractivity contribution >= 4 is 11.8 Å². The maximum absolute atomic E-state index is 12.0. The van der Waals surface area contributed by atoms with E-state index in [1.807, 2.05) is 4.90 Å². The first kappa shape index (κ1) is 14.5. The number of amides is 1. The molecule has 0 aromatic carbocycles. The molecule has 0 atom stereocenters. The third-order valence-corrected chi connectivity index (χ3v) is 3.57. The fourth-order valence-electron chi connectivity index (χ4n) is 2.49. The molecule has 0 unspecified atom stereocenters. The number of carbonyl (C=O) groups is 1. The summed E-state index contributed by atoms with van der Waals surface area (Å²) >= 11 is 0. The Kier molecular flexibility index (Phi) is 3.76. The van der Waals surface area contributed by atoms with Crippen molar-refractivity contribution < 1.29 is 9.32 Å². The maximum atomic E-state index is 12.0. The van der Waals surface area contributed by atoms with Crippen molar-refractivity contribution in [2.45, 2.75) is 19.9 Å². The summed E-state index contributed by atoms with van der Waals surface area (Å²) in [4.78, 5) is 25.6. The summed E-state index contributed by atoms with van der Waals surface area (Å²) in [6, 6.07) is 3.25. The van der Waals surface area contributed by atoms with Gasteiger partial charge in [0, 0.05) is 38.7 Å². The van der Waals surface area contributed by atoms with Crippen LogP contribution in [-0.4, -0.2) is 38.8 Å². The van der Waals surface area contributed by atoms with Gasteiger partial charge in [-0.1, -0.05) is 5.16 Å². The standard InChI is InChI=1S/C14H17N5O3/c1-9-5-13(22-17-9)15-12(20)8-19-4-3-11-10(7-19)6-14(21)18(2)16-11/h5-6H,3-4,7-8H2,1-2H3,(H,15,20). The molecule has 3 heterocycles. The number of carbonyl (C=O) groups excluding carboxylic acids is 1. The molecule has 0 aliphatic carbocycles. The largest absolute Gasteiger partial charge is 0.338 e. The van der Waals surface area contributed by atoms with Gasteiger partial charge in [0.05, 0.1) is 17.9 Å². The van der Waals surface area contributed by atoms with Crippen molar-refractivity contribution in [3.63, 3.8) is 0 Å². The highest BCUT2D eigenvalue weighted by Crippen LogP contribution is 2.15. The lowest BCUT2D eigenvalue weighted by molar-refractivity contribution is -0.117. The number of aromatic nitrogens is 3. The topological polar surface area (TPSA) is 93.3 Å². The van der Waals surface area contributed by atoms with Gasteiger partial charge in [0.25, 0.3) is 5.56 Å². The first-order chi connectivity index (χ1) is 10.5. The molecule has 1 amide bonds. The van der Waals surface area contributed by atoms with Crippen LogP contribution in [0.2, 0.25) is 0 Å². The van der Waals surface area contributed by atoms with Gasteiger partial charge in [-0.3, -0.25) is 19.8 Å². The van der Waals surface area contributed by atoms with Crippen LogP contribution in [0.5, 0.6) is 0 Å². The number of hydrogen-bond acceptors (Lipinski definition) is 6. The van der Waals surface area contributed by atoms with E-state index < -0.39 is 0 Å². The molecular formula is C14H17N5O3. The summed E-state index contributed by atoms with van der Waals surface area (Å²) < 4.78 is 6.30. The van der Waals surface area contributed by atoms with E-state index in [1.165, 1.54) is 4.68 Å². The Morgan fingerprint density at radius 3 is 3.00 bits per heavy atom. The molecule has 1 aliphatic rings. The zero-order chi connectivity index (χ0) is 15.7. The highest BCUT2D eigenvalue weighted by molar-refractivity contribution is 5.90. The van der Waals surface area contributed by atoms with Crippen molar-refractivity contribution in [2.75, 3.05) is 18.4 Å². The van der Waals surface area contributed by atoms with Crippen LogP contribution in [0, 0.1) is 6.92 Å². The van der Waals surface area contributed by atoms with Gasteiger partial charge in [-0.15, -0.1) is 0 Å². The summed E-state index contributed by atoms with van der Waals surface area (Å²) in [5.74, 6) is 0.173. The molecule has 22 heavy (non-hydrogen) atoms. The molecule has 8 heteroatoms. The van der Waals surface area contributed by atoms with Gasteiger partial charge in [-0.2, -0.15) is 5.10 Å². The molecule has 8 nitrogen and oxygen atoms in total. The molecule has 3 rings (SSSR count). The van der Waals surface area contributed by atoms with E-state index in [0.717, 1.165) is 24.2 Å². The Labute approximate surface area is 126 Å². The minimum atomic E-state index is -0.170. The molecule has 0 bridgehead atoms. The van der Waals surface area contributed by atoms with E-state index in [1.54, 1.807) is 26.1 Å². The van der Waals surface area contributed by atoms with Crippen molar-refractivity contribution in [1.29, 1.82) is 0 Å². The van der Waals surface area contributed by atoms with E-state index in [0.29, 0.717) is 18.1 Å². The van der Waals surface area contributed by atoms with E-state index in [9.17, 15) is 9.59 Å². The van der Waals surface area contributed by atoms with Gasteiger partial charge < -0.3 is 4.52 Å². The molecule has 0 fully saturated rings. The fourth-order valence-corrected chi connectivity index (χ4v) is 2.49. The lowest BCUT2D eigenvalue weighted by Crippen LogP contribution is -2.38. The van der Waals surface area contributed by atoms with Crippen LogP contribution < -0.4 is 10.9 Å². The van der Waals surface area contributed by atoms with Crippen LogP contribution in [-0.2, 0) is 24.8 Å². The van der Waals surface area contributed by atoms with Gasteiger partial charge in [0.1, 0.15) is 0 Å². The Morgan fingerprint density at radius 1 is 1.45 bits per heavy atom. The van der Waals surface area contributed by atoms with Crippen molar-refractivity contribution in [1.82, 2.24) is 19.8 Å². The smallest absolute Gasteiger partial charge is 0.266 e. The second-order valence-corrected chi connectivity index (χ2v) is 5.42. The summed E-state index contributed by atoms with van der Waals surface area (Å²) in [6.45, 7) is 3.28. The predicted molar refractivity (Wildman–Crippen MR) is 78.3 cm³/mol. The Bertz CT molecular complexity index is 764. The molecule has 0 saturated carbocycles. The number of fused-ring (bicyclic) bond motifs is 1. The van der Waals surface area contributed by atoms with Crippen molar-refractivity contribution in [3.8, 4) is 0 Å². The first-order valence-electron chi connectivity index (χ1n) is 7.03. The SMILES string of the molecule is Cc1cc(NC(=O)CN2CCc3nn(C)c(=O)cc3C2)on1.